The highest BCUT2D eigenvalue weighted by Gasteiger charge is 2.25. The Labute approximate surface area is 174 Å². The zero-order chi connectivity index (χ0) is 21.1. The standard InChI is InChI=1S/C21H24FN7O/c1-14(2)29-21(25-26-27-29)28-10-8-18(9-11-28)24-20(30)16-6-7-19(23-13-16)15-4-3-5-17(22)12-15/h3-7,12-14,18H,8-11H2,1-2H3,(H,24,30). The van der Waals surface area contributed by atoms with E-state index in [1.165, 1.54) is 18.3 Å². The third kappa shape index (κ3) is 4.29. The average Bonchev–Trinajstić information content (AvgIpc) is 3.25. The lowest BCUT2D eigenvalue weighted by atomic mass is 10.0. The molecule has 3 aromatic rings. The Hall–Kier alpha value is -3.36. The molecular weight excluding hydrogens is 385 g/mol. The molecule has 0 spiro atoms. The Balaban J connectivity index is 1.34. The van der Waals surface area contributed by atoms with Crippen LogP contribution >= 0.6 is 0 Å². The molecule has 0 radical (unpaired) electrons. The van der Waals surface area contributed by atoms with Gasteiger partial charge in [-0.2, -0.15) is 0 Å². The maximum atomic E-state index is 13.4. The average molecular weight is 409 g/mol. The lowest BCUT2D eigenvalue weighted by molar-refractivity contribution is 0.0930. The molecule has 0 atom stereocenters. The molecule has 156 valence electrons. The van der Waals surface area contributed by atoms with Crippen LogP contribution < -0.4 is 10.2 Å². The molecule has 1 amide bonds. The molecule has 0 bridgehead atoms. The fourth-order valence-electron chi connectivity index (χ4n) is 3.57. The van der Waals surface area contributed by atoms with Crippen LogP contribution in [0.2, 0.25) is 0 Å². The van der Waals surface area contributed by atoms with Gasteiger partial charge in [-0.3, -0.25) is 9.78 Å². The quantitative estimate of drug-likeness (QED) is 0.697. The van der Waals surface area contributed by atoms with Gasteiger partial charge in [0.25, 0.3) is 5.91 Å². The van der Waals surface area contributed by atoms with Gasteiger partial charge in [0, 0.05) is 30.9 Å². The van der Waals surface area contributed by atoms with Gasteiger partial charge in [-0.1, -0.05) is 17.2 Å². The fraction of sp³-hybridized carbons (Fsp3) is 0.381. The second-order valence-electron chi connectivity index (χ2n) is 7.69. The minimum absolute atomic E-state index is 0.0834. The monoisotopic (exact) mass is 409 g/mol. The van der Waals surface area contributed by atoms with E-state index in [4.69, 9.17) is 0 Å². The molecule has 1 aromatic carbocycles. The van der Waals surface area contributed by atoms with Gasteiger partial charge in [0.2, 0.25) is 5.95 Å². The van der Waals surface area contributed by atoms with E-state index in [2.05, 4.69) is 30.7 Å². The van der Waals surface area contributed by atoms with E-state index >= 15 is 0 Å². The van der Waals surface area contributed by atoms with E-state index in [1.54, 1.807) is 24.3 Å². The van der Waals surface area contributed by atoms with E-state index in [1.807, 2.05) is 18.5 Å². The van der Waals surface area contributed by atoms with Crippen LogP contribution in [0, 0.1) is 5.82 Å². The maximum Gasteiger partial charge on any atom is 0.253 e. The summed E-state index contributed by atoms with van der Waals surface area (Å²) in [5.74, 6) is 0.301. The van der Waals surface area contributed by atoms with Gasteiger partial charge in [-0.05, 0) is 61.4 Å². The van der Waals surface area contributed by atoms with Crippen molar-refractivity contribution in [3.8, 4) is 11.3 Å². The molecule has 0 saturated carbocycles. The number of piperidine rings is 1. The third-order valence-electron chi connectivity index (χ3n) is 5.22. The first kappa shape index (κ1) is 19.9. The molecule has 1 aliphatic rings. The summed E-state index contributed by atoms with van der Waals surface area (Å²) in [7, 11) is 0. The molecule has 4 rings (SSSR count). The van der Waals surface area contributed by atoms with Crippen molar-refractivity contribution in [2.45, 2.75) is 38.8 Å². The molecule has 30 heavy (non-hydrogen) atoms. The van der Waals surface area contributed by atoms with Crippen LogP contribution in [0.15, 0.2) is 42.6 Å². The molecule has 1 N–H and O–H groups in total. The summed E-state index contributed by atoms with van der Waals surface area (Å²) >= 11 is 0. The molecule has 0 unspecified atom stereocenters. The zero-order valence-electron chi connectivity index (χ0n) is 17.0. The lowest BCUT2D eigenvalue weighted by Crippen LogP contribution is -2.45. The Morgan fingerprint density at radius 2 is 2.00 bits per heavy atom. The highest BCUT2D eigenvalue weighted by molar-refractivity contribution is 5.94. The van der Waals surface area contributed by atoms with E-state index in [0.29, 0.717) is 16.8 Å². The molecular formula is C21H24FN7O. The number of tetrazole rings is 1. The minimum atomic E-state index is -0.315. The smallest absolute Gasteiger partial charge is 0.253 e. The van der Waals surface area contributed by atoms with Gasteiger partial charge in [0.05, 0.1) is 17.3 Å². The zero-order valence-corrected chi connectivity index (χ0v) is 17.0. The number of carbonyl (C=O) groups is 1. The topological polar surface area (TPSA) is 88.8 Å². The summed E-state index contributed by atoms with van der Waals surface area (Å²) in [4.78, 5) is 19.1. The summed E-state index contributed by atoms with van der Waals surface area (Å²) in [6, 6.07) is 9.96. The third-order valence-corrected chi connectivity index (χ3v) is 5.22. The van der Waals surface area contributed by atoms with Crippen molar-refractivity contribution in [3.05, 3.63) is 54.0 Å². The van der Waals surface area contributed by atoms with Gasteiger partial charge in [0.15, 0.2) is 0 Å². The predicted octanol–water partition coefficient (Wildman–Crippen LogP) is 2.85. The van der Waals surface area contributed by atoms with Crippen LogP contribution in [0.4, 0.5) is 10.3 Å². The van der Waals surface area contributed by atoms with Crippen molar-refractivity contribution >= 4 is 11.9 Å². The van der Waals surface area contributed by atoms with E-state index in [0.717, 1.165) is 31.9 Å². The van der Waals surface area contributed by atoms with Crippen molar-refractivity contribution in [2.75, 3.05) is 18.0 Å². The highest BCUT2D eigenvalue weighted by Crippen LogP contribution is 2.21. The van der Waals surface area contributed by atoms with Crippen LogP contribution in [0.3, 0.4) is 0 Å². The summed E-state index contributed by atoms with van der Waals surface area (Å²) < 4.78 is 15.2. The Bertz CT molecular complexity index is 1010. The van der Waals surface area contributed by atoms with Crippen molar-refractivity contribution < 1.29 is 9.18 Å². The second kappa shape index (κ2) is 8.56. The normalized spacial score (nSPS) is 14.9. The van der Waals surface area contributed by atoms with Crippen LogP contribution in [0.5, 0.6) is 0 Å². The SMILES string of the molecule is CC(C)n1nnnc1N1CCC(NC(=O)c2ccc(-c3cccc(F)c3)nc2)CC1. The number of hydrogen-bond acceptors (Lipinski definition) is 6. The number of halogens is 1. The molecule has 3 heterocycles. The number of pyridine rings is 1. The summed E-state index contributed by atoms with van der Waals surface area (Å²) in [5.41, 5.74) is 1.79. The summed E-state index contributed by atoms with van der Waals surface area (Å²) in [5, 5.41) is 15.1. The number of nitrogens with zero attached hydrogens (tertiary/aromatic N) is 6. The van der Waals surface area contributed by atoms with Gasteiger partial charge in [0.1, 0.15) is 5.82 Å². The first-order valence-corrected chi connectivity index (χ1v) is 10.1. The molecule has 8 nitrogen and oxygen atoms in total. The van der Waals surface area contributed by atoms with Crippen LogP contribution in [0.25, 0.3) is 11.3 Å². The molecule has 1 fully saturated rings. The number of amides is 1. The van der Waals surface area contributed by atoms with Crippen molar-refractivity contribution in [3.63, 3.8) is 0 Å². The number of benzene rings is 1. The van der Waals surface area contributed by atoms with E-state index in [9.17, 15) is 9.18 Å². The number of anilines is 1. The highest BCUT2D eigenvalue weighted by atomic mass is 19.1. The summed E-state index contributed by atoms with van der Waals surface area (Å²) in [6.07, 6.45) is 3.15. The van der Waals surface area contributed by atoms with Crippen molar-refractivity contribution in [1.82, 2.24) is 30.5 Å². The van der Waals surface area contributed by atoms with Crippen LogP contribution in [-0.4, -0.2) is 50.2 Å². The van der Waals surface area contributed by atoms with Gasteiger partial charge >= 0.3 is 0 Å². The first-order chi connectivity index (χ1) is 14.5. The Kier molecular flexibility index (Phi) is 5.69. The molecule has 9 heteroatoms. The Morgan fingerprint density at radius 3 is 2.67 bits per heavy atom. The van der Waals surface area contributed by atoms with Crippen LogP contribution in [0.1, 0.15) is 43.1 Å². The molecule has 1 aliphatic heterocycles. The maximum absolute atomic E-state index is 13.4. The predicted molar refractivity (Wildman–Crippen MR) is 111 cm³/mol. The number of hydrogen-bond donors (Lipinski definition) is 1. The number of rotatable bonds is 5. The van der Waals surface area contributed by atoms with Gasteiger partial charge in [-0.25, -0.2) is 9.07 Å². The van der Waals surface area contributed by atoms with Gasteiger partial charge in [-0.15, -0.1) is 0 Å². The second-order valence-corrected chi connectivity index (χ2v) is 7.69. The van der Waals surface area contributed by atoms with Crippen LogP contribution in [-0.2, 0) is 0 Å². The number of aromatic nitrogens is 5. The number of carbonyl (C=O) groups excluding carboxylic acids is 1. The molecule has 1 saturated heterocycles. The lowest BCUT2D eigenvalue weighted by Gasteiger charge is -2.32. The van der Waals surface area contributed by atoms with Gasteiger partial charge < -0.3 is 10.2 Å². The summed E-state index contributed by atoms with van der Waals surface area (Å²) in [6.45, 7) is 5.63. The number of nitrogens with one attached hydrogen (secondary N) is 1. The van der Waals surface area contributed by atoms with E-state index in [-0.39, 0.29) is 23.8 Å². The van der Waals surface area contributed by atoms with E-state index < -0.39 is 0 Å². The largest absolute Gasteiger partial charge is 0.349 e. The fourth-order valence-corrected chi connectivity index (χ4v) is 3.57. The first-order valence-electron chi connectivity index (χ1n) is 10.1. The Morgan fingerprint density at radius 1 is 1.20 bits per heavy atom. The minimum Gasteiger partial charge on any atom is -0.349 e. The van der Waals surface area contributed by atoms with Crippen molar-refractivity contribution in [2.24, 2.45) is 0 Å². The molecule has 2 aromatic heterocycles. The molecule has 0 aliphatic carbocycles. The van der Waals surface area contributed by atoms with Crippen molar-refractivity contribution in [1.29, 1.82) is 0 Å².